The molecule has 6 nitrogen and oxygen atoms in total. The van der Waals surface area contributed by atoms with Crippen molar-refractivity contribution in [1.82, 2.24) is 19.8 Å². The lowest BCUT2D eigenvalue weighted by molar-refractivity contribution is -0.0953. The molecule has 0 saturated carbocycles. The van der Waals surface area contributed by atoms with Crippen molar-refractivity contribution in [2.24, 2.45) is 0 Å². The predicted molar refractivity (Wildman–Crippen MR) is 68.9 cm³/mol. The van der Waals surface area contributed by atoms with Gasteiger partial charge in [0.25, 0.3) is 10.0 Å². The molecule has 0 bridgehead atoms. The maximum absolute atomic E-state index is 12.5. The van der Waals surface area contributed by atoms with Gasteiger partial charge in [-0.15, -0.1) is 0 Å². The number of sulfonamides is 1. The van der Waals surface area contributed by atoms with Gasteiger partial charge in [0.15, 0.2) is 5.03 Å². The molecule has 0 saturated heterocycles. The van der Waals surface area contributed by atoms with Crippen LogP contribution in [0.4, 0.5) is 13.2 Å². The molecular weight excluding hydrogens is 309 g/mol. The number of aromatic amines is 1. The molecule has 1 aromatic heterocycles. The first-order valence-corrected chi connectivity index (χ1v) is 7.64. The van der Waals surface area contributed by atoms with Gasteiger partial charge in [-0.05, 0) is 13.5 Å². The molecule has 0 amide bonds. The van der Waals surface area contributed by atoms with E-state index in [-0.39, 0.29) is 24.5 Å². The molecular formula is C11H15F3N4O2S. The van der Waals surface area contributed by atoms with Crippen LogP contribution >= 0.6 is 0 Å². The molecule has 0 atom stereocenters. The number of halogens is 3. The van der Waals surface area contributed by atoms with Crippen LogP contribution < -0.4 is 5.32 Å². The minimum atomic E-state index is -4.40. The number of H-pyrrole nitrogens is 1. The van der Waals surface area contributed by atoms with Gasteiger partial charge in [-0.2, -0.15) is 22.6 Å². The van der Waals surface area contributed by atoms with Gasteiger partial charge in [0.2, 0.25) is 0 Å². The SMILES string of the molecule is CNCc1cn[nH]c1S(=O)(=O)N1CC=C(C(F)(F)F)CC1. The molecule has 0 aromatic carbocycles. The zero-order valence-electron chi connectivity index (χ0n) is 11.2. The first-order chi connectivity index (χ1) is 9.76. The van der Waals surface area contributed by atoms with E-state index in [9.17, 15) is 21.6 Å². The van der Waals surface area contributed by atoms with Crippen LogP contribution in [0.25, 0.3) is 0 Å². The standard InChI is InChI=1S/C11H15F3N4O2S/c1-15-6-8-7-16-17-10(8)21(19,20)18-4-2-9(3-5-18)11(12,13)14/h2,7,15H,3-6H2,1H3,(H,16,17). The Kier molecular flexibility index (Phi) is 4.40. The maximum atomic E-state index is 12.5. The second-order valence-corrected chi connectivity index (χ2v) is 6.47. The quantitative estimate of drug-likeness (QED) is 0.811. The summed E-state index contributed by atoms with van der Waals surface area (Å²) in [6.07, 6.45) is -2.46. The molecule has 0 aliphatic carbocycles. The van der Waals surface area contributed by atoms with E-state index in [1.54, 1.807) is 7.05 Å². The van der Waals surface area contributed by atoms with E-state index in [2.05, 4.69) is 15.5 Å². The molecule has 0 fully saturated rings. The smallest absolute Gasteiger partial charge is 0.316 e. The summed E-state index contributed by atoms with van der Waals surface area (Å²) in [5, 5.41) is 8.82. The van der Waals surface area contributed by atoms with Gasteiger partial charge in [0.05, 0.1) is 6.20 Å². The first-order valence-electron chi connectivity index (χ1n) is 6.20. The van der Waals surface area contributed by atoms with Crippen molar-refractivity contribution in [2.75, 3.05) is 20.1 Å². The van der Waals surface area contributed by atoms with Crippen molar-refractivity contribution in [1.29, 1.82) is 0 Å². The van der Waals surface area contributed by atoms with Gasteiger partial charge in [-0.25, -0.2) is 8.42 Å². The van der Waals surface area contributed by atoms with Crippen molar-refractivity contribution < 1.29 is 21.6 Å². The highest BCUT2D eigenvalue weighted by molar-refractivity contribution is 7.89. The molecule has 118 valence electrons. The number of aromatic nitrogens is 2. The van der Waals surface area contributed by atoms with Crippen LogP contribution in [-0.4, -0.2) is 49.2 Å². The number of rotatable bonds is 4. The minimum Gasteiger partial charge on any atom is -0.316 e. The molecule has 2 N–H and O–H groups in total. The van der Waals surface area contributed by atoms with E-state index in [1.807, 2.05) is 0 Å². The minimum absolute atomic E-state index is 0.0827. The second kappa shape index (κ2) is 5.78. The zero-order valence-corrected chi connectivity index (χ0v) is 12.1. The van der Waals surface area contributed by atoms with Crippen molar-refractivity contribution in [2.45, 2.75) is 24.2 Å². The molecule has 2 heterocycles. The third kappa shape index (κ3) is 3.27. The Balaban J connectivity index is 2.23. The Morgan fingerprint density at radius 2 is 2.19 bits per heavy atom. The Labute approximate surface area is 120 Å². The van der Waals surface area contributed by atoms with Gasteiger partial charge in [-0.3, -0.25) is 5.10 Å². The fourth-order valence-electron chi connectivity index (χ4n) is 2.09. The zero-order chi connectivity index (χ0) is 15.7. The molecule has 1 aliphatic rings. The molecule has 1 aromatic rings. The summed E-state index contributed by atoms with van der Waals surface area (Å²) in [6, 6.07) is 0. The van der Waals surface area contributed by atoms with Crippen LogP contribution in [0.15, 0.2) is 22.9 Å². The van der Waals surface area contributed by atoms with Crippen LogP contribution in [-0.2, 0) is 16.6 Å². The first kappa shape index (κ1) is 16.0. The number of hydrogen-bond acceptors (Lipinski definition) is 4. The topological polar surface area (TPSA) is 78.1 Å². The summed E-state index contributed by atoms with van der Waals surface area (Å²) in [5.74, 6) is 0. The summed E-state index contributed by atoms with van der Waals surface area (Å²) in [5.41, 5.74) is -0.239. The van der Waals surface area contributed by atoms with E-state index in [4.69, 9.17) is 0 Å². The molecule has 10 heteroatoms. The molecule has 0 radical (unpaired) electrons. The third-order valence-corrected chi connectivity index (χ3v) is 5.06. The van der Waals surface area contributed by atoms with Gasteiger partial charge in [0.1, 0.15) is 0 Å². The van der Waals surface area contributed by atoms with Crippen LogP contribution in [0.2, 0.25) is 0 Å². The van der Waals surface area contributed by atoms with Crippen molar-refractivity contribution in [3.8, 4) is 0 Å². The van der Waals surface area contributed by atoms with Crippen molar-refractivity contribution >= 4 is 10.0 Å². The van der Waals surface area contributed by atoms with E-state index in [0.29, 0.717) is 12.1 Å². The van der Waals surface area contributed by atoms with E-state index >= 15 is 0 Å². The summed E-state index contributed by atoms with van der Waals surface area (Å²) >= 11 is 0. The average Bonchev–Trinajstić information content (AvgIpc) is 2.87. The summed E-state index contributed by atoms with van der Waals surface area (Å²) in [4.78, 5) is 0. The van der Waals surface area contributed by atoms with Gasteiger partial charge in [-0.1, -0.05) is 6.08 Å². The van der Waals surface area contributed by atoms with E-state index in [0.717, 1.165) is 10.4 Å². The Morgan fingerprint density at radius 1 is 1.48 bits per heavy atom. The normalized spacial score (nSPS) is 17.8. The Bertz CT molecular complexity index is 636. The van der Waals surface area contributed by atoms with Gasteiger partial charge < -0.3 is 5.32 Å². The van der Waals surface area contributed by atoms with Crippen LogP contribution in [0.3, 0.4) is 0 Å². The maximum Gasteiger partial charge on any atom is 0.412 e. The van der Waals surface area contributed by atoms with Gasteiger partial charge >= 0.3 is 6.18 Å². The summed E-state index contributed by atoms with van der Waals surface area (Å²) < 4.78 is 63.5. The molecule has 21 heavy (non-hydrogen) atoms. The summed E-state index contributed by atoms with van der Waals surface area (Å²) in [6.45, 7) is -0.205. The van der Waals surface area contributed by atoms with Crippen LogP contribution in [0.1, 0.15) is 12.0 Å². The van der Waals surface area contributed by atoms with Crippen LogP contribution in [0.5, 0.6) is 0 Å². The highest BCUT2D eigenvalue weighted by Gasteiger charge is 2.37. The number of nitrogens with one attached hydrogen (secondary N) is 2. The number of nitrogens with zero attached hydrogens (tertiary/aromatic N) is 2. The lowest BCUT2D eigenvalue weighted by Crippen LogP contribution is -2.37. The van der Waals surface area contributed by atoms with E-state index < -0.39 is 21.8 Å². The fourth-order valence-corrected chi connectivity index (χ4v) is 3.58. The molecule has 0 unspecified atom stereocenters. The molecule has 2 rings (SSSR count). The summed E-state index contributed by atoms with van der Waals surface area (Å²) in [7, 11) is -2.22. The lowest BCUT2D eigenvalue weighted by atomic mass is 10.1. The molecule has 1 aliphatic heterocycles. The largest absolute Gasteiger partial charge is 0.412 e. The second-order valence-electron chi connectivity index (χ2n) is 4.59. The number of hydrogen-bond donors (Lipinski definition) is 2. The Hall–Kier alpha value is -1.39. The van der Waals surface area contributed by atoms with Crippen LogP contribution in [0, 0.1) is 0 Å². The number of alkyl halides is 3. The monoisotopic (exact) mass is 324 g/mol. The van der Waals surface area contributed by atoms with Gasteiger partial charge in [0, 0.05) is 30.8 Å². The van der Waals surface area contributed by atoms with Crippen molar-refractivity contribution in [3.63, 3.8) is 0 Å². The average molecular weight is 324 g/mol. The van der Waals surface area contributed by atoms with E-state index in [1.165, 1.54) is 6.20 Å². The highest BCUT2D eigenvalue weighted by atomic mass is 32.2. The Morgan fingerprint density at radius 3 is 2.71 bits per heavy atom. The molecule has 0 spiro atoms. The van der Waals surface area contributed by atoms with Crippen molar-refractivity contribution in [3.05, 3.63) is 23.4 Å². The lowest BCUT2D eigenvalue weighted by Gasteiger charge is -2.26. The predicted octanol–water partition coefficient (Wildman–Crippen LogP) is 1.01. The fraction of sp³-hybridized carbons (Fsp3) is 0.545. The third-order valence-electron chi connectivity index (χ3n) is 3.18. The highest BCUT2D eigenvalue weighted by Crippen LogP contribution is 2.31.